The fourth-order valence-electron chi connectivity index (χ4n) is 3.96. The maximum absolute atomic E-state index is 12.6. The molecule has 0 unspecified atom stereocenters. The standard InChI is InChI=1S/C23H31N3O5S/c1-4-30-22(28)20-15(2)24-23(32)25-21(20)16-9-10-17(18(13-16)29-3)31-14-19(27)26-11-7-5-6-8-12-26/h9-10,13,21H,4-8,11-12,14H2,1-3H3,(H2,24,25,32)/t21-/m1/s1. The second-order valence-electron chi connectivity index (χ2n) is 7.78. The Hall–Kier alpha value is -2.81. The Morgan fingerprint density at radius 2 is 1.88 bits per heavy atom. The molecule has 174 valence electrons. The number of hydrogen-bond acceptors (Lipinski definition) is 6. The molecule has 1 fully saturated rings. The number of nitrogens with zero attached hydrogens (tertiary/aromatic N) is 1. The van der Waals surface area contributed by atoms with Crippen LogP contribution in [0.1, 0.15) is 51.1 Å². The molecule has 2 heterocycles. The molecule has 1 saturated heterocycles. The third kappa shape index (κ3) is 5.70. The van der Waals surface area contributed by atoms with E-state index in [9.17, 15) is 9.59 Å². The highest BCUT2D eigenvalue weighted by Gasteiger charge is 2.31. The van der Waals surface area contributed by atoms with Crippen molar-refractivity contribution in [1.82, 2.24) is 15.5 Å². The number of carbonyl (C=O) groups excluding carboxylic acids is 2. The molecule has 9 heteroatoms. The third-order valence-corrected chi connectivity index (χ3v) is 5.82. The van der Waals surface area contributed by atoms with Gasteiger partial charge < -0.3 is 29.7 Å². The van der Waals surface area contributed by atoms with E-state index in [2.05, 4.69) is 10.6 Å². The van der Waals surface area contributed by atoms with Crippen molar-refractivity contribution < 1.29 is 23.8 Å². The van der Waals surface area contributed by atoms with Crippen LogP contribution >= 0.6 is 12.2 Å². The minimum Gasteiger partial charge on any atom is -0.493 e. The summed E-state index contributed by atoms with van der Waals surface area (Å²) < 4.78 is 16.5. The molecule has 0 bridgehead atoms. The molecule has 1 amide bonds. The Morgan fingerprint density at radius 1 is 1.16 bits per heavy atom. The molecule has 2 aliphatic heterocycles. The van der Waals surface area contributed by atoms with Gasteiger partial charge in [-0.2, -0.15) is 0 Å². The molecule has 0 aliphatic carbocycles. The van der Waals surface area contributed by atoms with Gasteiger partial charge in [0.2, 0.25) is 0 Å². The van der Waals surface area contributed by atoms with E-state index < -0.39 is 12.0 Å². The van der Waals surface area contributed by atoms with Crippen LogP contribution in [0.25, 0.3) is 0 Å². The summed E-state index contributed by atoms with van der Waals surface area (Å²) in [5.41, 5.74) is 1.85. The van der Waals surface area contributed by atoms with Gasteiger partial charge in [-0.1, -0.05) is 18.9 Å². The lowest BCUT2D eigenvalue weighted by Gasteiger charge is -2.30. The first-order valence-corrected chi connectivity index (χ1v) is 11.4. The number of thiocarbonyl (C=S) groups is 1. The maximum atomic E-state index is 12.6. The van der Waals surface area contributed by atoms with Crippen molar-refractivity contribution >= 4 is 29.2 Å². The number of hydrogen-bond donors (Lipinski definition) is 2. The van der Waals surface area contributed by atoms with Crippen LogP contribution in [0.4, 0.5) is 0 Å². The number of allylic oxidation sites excluding steroid dienone is 1. The van der Waals surface area contributed by atoms with Gasteiger partial charge in [0.1, 0.15) is 0 Å². The number of benzene rings is 1. The van der Waals surface area contributed by atoms with E-state index in [4.69, 9.17) is 26.4 Å². The number of nitrogens with one attached hydrogen (secondary N) is 2. The third-order valence-electron chi connectivity index (χ3n) is 5.60. The van der Waals surface area contributed by atoms with Crippen LogP contribution in [0.2, 0.25) is 0 Å². The monoisotopic (exact) mass is 461 g/mol. The molecule has 3 rings (SSSR count). The topological polar surface area (TPSA) is 89.1 Å². The van der Waals surface area contributed by atoms with Gasteiger partial charge in [0.15, 0.2) is 23.2 Å². The normalized spacial score (nSPS) is 18.9. The first kappa shape index (κ1) is 23.8. The van der Waals surface area contributed by atoms with Crippen molar-refractivity contribution in [3.63, 3.8) is 0 Å². The first-order valence-electron chi connectivity index (χ1n) is 11.0. The van der Waals surface area contributed by atoms with E-state index in [0.29, 0.717) is 27.9 Å². The van der Waals surface area contributed by atoms with Crippen molar-refractivity contribution in [3.8, 4) is 11.5 Å². The fraction of sp³-hybridized carbons (Fsp3) is 0.522. The largest absolute Gasteiger partial charge is 0.493 e. The number of esters is 1. The lowest BCUT2D eigenvalue weighted by molar-refractivity contribution is -0.139. The van der Waals surface area contributed by atoms with E-state index in [1.165, 1.54) is 7.11 Å². The van der Waals surface area contributed by atoms with Crippen LogP contribution in [0.15, 0.2) is 29.5 Å². The number of ether oxygens (including phenoxy) is 3. The van der Waals surface area contributed by atoms with Gasteiger partial charge in [0, 0.05) is 18.8 Å². The smallest absolute Gasteiger partial charge is 0.338 e. The van der Waals surface area contributed by atoms with Crippen molar-refractivity contribution in [1.29, 1.82) is 0 Å². The van der Waals surface area contributed by atoms with Gasteiger partial charge in [-0.3, -0.25) is 4.79 Å². The van der Waals surface area contributed by atoms with E-state index in [1.54, 1.807) is 26.0 Å². The molecule has 1 aromatic rings. The van der Waals surface area contributed by atoms with Gasteiger partial charge in [-0.15, -0.1) is 0 Å². The predicted octanol–water partition coefficient (Wildman–Crippen LogP) is 2.83. The van der Waals surface area contributed by atoms with Crippen LogP contribution in [0, 0.1) is 0 Å². The molecular weight excluding hydrogens is 430 g/mol. The summed E-state index contributed by atoms with van der Waals surface area (Å²) in [4.78, 5) is 27.0. The minimum absolute atomic E-state index is 0.0217. The summed E-state index contributed by atoms with van der Waals surface area (Å²) in [6.45, 7) is 5.34. The summed E-state index contributed by atoms with van der Waals surface area (Å²) in [5, 5.41) is 6.52. The molecular formula is C23H31N3O5S. The van der Waals surface area contributed by atoms with Gasteiger partial charge >= 0.3 is 5.97 Å². The minimum atomic E-state index is -0.496. The molecule has 8 nitrogen and oxygen atoms in total. The number of rotatable bonds is 7. The molecule has 1 atom stereocenters. The Kier molecular flexibility index (Phi) is 8.33. The van der Waals surface area contributed by atoms with Crippen LogP contribution in [0.5, 0.6) is 11.5 Å². The molecule has 0 saturated carbocycles. The zero-order valence-corrected chi connectivity index (χ0v) is 19.7. The van der Waals surface area contributed by atoms with Crippen molar-refractivity contribution in [2.24, 2.45) is 0 Å². The average Bonchev–Trinajstić information content (AvgIpc) is 3.06. The highest BCUT2D eigenvalue weighted by molar-refractivity contribution is 7.80. The molecule has 2 aliphatic rings. The van der Waals surface area contributed by atoms with Crippen LogP contribution in [-0.2, 0) is 14.3 Å². The first-order chi connectivity index (χ1) is 15.4. The van der Waals surface area contributed by atoms with Gasteiger partial charge in [0.25, 0.3) is 5.91 Å². The maximum Gasteiger partial charge on any atom is 0.338 e. The highest BCUT2D eigenvalue weighted by atomic mass is 32.1. The molecule has 0 spiro atoms. The lowest BCUT2D eigenvalue weighted by atomic mass is 9.95. The number of likely N-dealkylation sites (tertiary alicyclic amines) is 1. The van der Waals surface area contributed by atoms with Gasteiger partial charge in [-0.05, 0) is 56.6 Å². The van der Waals surface area contributed by atoms with E-state index in [0.717, 1.165) is 44.3 Å². The predicted molar refractivity (Wildman–Crippen MR) is 124 cm³/mol. The summed E-state index contributed by atoms with van der Waals surface area (Å²) in [5.74, 6) is 0.499. The molecule has 0 aromatic heterocycles. The zero-order valence-electron chi connectivity index (χ0n) is 18.9. The van der Waals surface area contributed by atoms with Crippen LogP contribution in [-0.4, -0.2) is 55.3 Å². The Labute approximate surface area is 194 Å². The number of methoxy groups -OCH3 is 1. The summed E-state index contributed by atoms with van der Waals surface area (Å²) in [7, 11) is 1.54. The Balaban J connectivity index is 1.77. The number of amides is 1. The lowest BCUT2D eigenvalue weighted by Crippen LogP contribution is -2.45. The summed E-state index contributed by atoms with van der Waals surface area (Å²) in [6.07, 6.45) is 4.39. The Morgan fingerprint density at radius 3 is 2.53 bits per heavy atom. The van der Waals surface area contributed by atoms with E-state index in [-0.39, 0.29) is 19.1 Å². The number of carbonyl (C=O) groups is 2. The van der Waals surface area contributed by atoms with Crippen molar-refractivity contribution in [3.05, 3.63) is 35.0 Å². The zero-order chi connectivity index (χ0) is 23.1. The molecule has 1 aromatic carbocycles. The van der Waals surface area contributed by atoms with Crippen LogP contribution < -0.4 is 20.1 Å². The van der Waals surface area contributed by atoms with Gasteiger partial charge in [0.05, 0.1) is 25.3 Å². The quantitative estimate of drug-likeness (QED) is 0.473. The Bertz CT molecular complexity index is 894. The fourth-order valence-corrected chi connectivity index (χ4v) is 4.23. The molecule has 2 N–H and O–H groups in total. The summed E-state index contributed by atoms with van der Waals surface area (Å²) in [6, 6.07) is 4.86. The van der Waals surface area contributed by atoms with E-state index in [1.807, 2.05) is 11.0 Å². The highest BCUT2D eigenvalue weighted by Crippen LogP contribution is 2.34. The van der Waals surface area contributed by atoms with Crippen molar-refractivity contribution in [2.45, 2.75) is 45.6 Å². The van der Waals surface area contributed by atoms with Gasteiger partial charge in [-0.25, -0.2) is 4.79 Å². The van der Waals surface area contributed by atoms with Crippen LogP contribution in [0.3, 0.4) is 0 Å². The second kappa shape index (κ2) is 11.2. The molecule has 32 heavy (non-hydrogen) atoms. The molecule has 0 radical (unpaired) electrons. The average molecular weight is 462 g/mol. The summed E-state index contributed by atoms with van der Waals surface area (Å²) >= 11 is 5.29. The second-order valence-corrected chi connectivity index (χ2v) is 8.19. The van der Waals surface area contributed by atoms with E-state index >= 15 is 0 Å². The SMILES string of the molecule is CCOC(=O)C1=C(C)NC(=S)N[C@@H]1c1ccc(OCC(=O)N2CCCCCC2)c(OC)c1. The van der Waals surface area contributed by atoms with Crippen molar-refractivity contribution in [2.75, 3.05) is 33.4 Å².